The van der Waals surface area contributed by atoms with Crippen LogP contribution in [0.25, 0.3) is 10.2 Å². The highest BCUT2D eigenvalue weighted by Crippen LogP contribution is 2.25. The molecule has 2 aromatic heterocycles. The summed E-state index contributed by atoms with van der Waals surface area (Å²) in [5, 5.41) is 2.00. The Labute approximate surface area is 128 Å². The zero-order valence-corrected chi connectivity index (χ0v) is 12.9. The molecule has 20 heavy (non-hydrogen) atoms. The zero-order chi connectivity index (χ0) is 14.1. The summed E-state index contributed by atoms with van der Waals surface area (Å²) in [4.78, 5) is 4.37. The van der Waals surface area contributed by atoms with E-state index in [0.717, 1.165) is 20.3 Å². The van der Waals surface area contributed by atoms with E-state index in [1.165, 1.54) is 6.07 Å². The van der Waals surface area contributed by atoms with Crippen molar-refractivity contribution in [1.82, 2.24) is 4.98 Å². The minimum Gasteiger partial charge on any atom is -0.324 e. The Morgan fingerprint density at radius 3 is 3.00 bits per heavy atom. The summed E-state index contributed by atoms with van der Waals surface area (Å²) < 4.78 is 15.7. The van der Waals surface area contributed by atoms with Crippen molar-refractivity contribution in [1.29, 1.82) is 0 Å². The predicted octanol–water partition coefficient (Wildman–Crippen LogP) is 4.44. The smallest absolute Gasteiger partial charge is 0.126 e. The van der Waals surface area contributed by atoms with Gasteiger partial charge in [0.2, 0.25) is 0 Å². The number of nitrogens with zero attached hydrogens (tertiary/aromatic N) is 1. The van der Waals surface area contributed by atoms with Gasteiger partial charge in [0.1, 0.15) is 5.82 Å². The summed E-state index contributed by atoms with van der Waals surface area (Å²) in [6.45, 7) is 0. The molecule has 2 N–H and O–H groups in total. The molecule has 5 heteroatoms. The minimum absolute atomic E-state index is 0.228. The van der Waals surface area contributed by atoms with E-state index in [-0.39, 0.29) is 11.9 Å². The van der Waals surface area contributed by atoms with Crippen molar-refractivity contribution < 1.29 is 4.39 Å². The van der Waals surface area contributed by atoms with Gasteiger partial charge in [-0.3, -0.25) is 4.98 Å². The summed E-state index contributed by atoms with van der Waals surface area (Å²) in [5.74, 6) is -0.228. The van der Waals surface area contributed by atoms with Gasteiger partial charge in [0.25, 0.3) is 0 Å². The molecule has 0 aliphatic heterocycles. The van der Waals surface area contributed by atoms with Crippen molar-refractivity contribution in [3.05, 3.63) is 63.3 Å². The van der Waals surface area contributed by atoms with Gasteiger partial charge in [-0.15, -0.1) is 11.3 Å². The SMILES string of the molecule is NC(Cc1cc(Br)ccc1F)c1cnc2ccsc2c1. The highest BCUT2D eigenvalue weighted by molar-refractivity contribution is 9.10. The van der Waals surface area contributed by atoms with Gasteiger partial charge >= 0.3 is 0 Å². The predicted molar refractivity (Wildman–Crippen MR) is 84.4 cm³/mol. The van der Waals surface area contributed by atoms with Crippen molar-refractivity contribution in [3.8, 4) is 0 Å². The van der Waals surface area contributed by atoms with Crippen molar-refractivity contribution in [2.75, 3.05) is 0 Å². The number of hydrogen-bond donors (Lipinski definition) is 1. The molecule has 3 rings (SSSR count). The maximum absolute atomic E-state index is 13.8. The molecule has 102 valence electrons. The lowest BCUT2D eigenvalue weighted by molar-refractivity contribution is 0.592. The molecule has 0 aliphatic carbocycles. The molecule has 0 aliphatic rings. The molecule has 0 fully saturated rings. The fraction of sp³-hybridized carbons (Fsp3) is 0.133. The molecule has 0 amide bonds. The molecule has 1 unspecified atom stereocenters. The first-order chi connectivity index (χ1) is 9.63. The molecule has 1 atom stereocenters. The van der Waals surface area contributed by atoms with Gasteiger partial charge in [-0.05, 0) is 53.3 Å². The largest absolute Gasteiger partial charge is 0.324 e. The topological polar surface area (TPSA) is 38.9 Å². The maximum atomic E-state index is 13.8. The Balaban J connectivity index is 1.88. The van der Waals surface area contributed by atoms with Crippen molar-refractivity contribution in [3.63, 3.8) is 0 Å². The fourth-order valence-corrected chi connectivity index (χ4v) is 3.32. The molecule has 0 saturated carbocycles. The summed E-state index contributed by atoms with van der Waals surface area (Å²) in [6.07, 6.45) is 2.22. The van der Waals surface area contributed by atoms with Crippen molar-refractivity contribution in [2.45, 2.75) is 12.5 Å². The van der Waals surface area contributed by atoms with E-state index in [0.29, 0.717) is 12.0 Å². The van der Waals surface area contributed by atoms with Gasteiger partial charge in [0.05, 0.1) is 10.2 Å². The second kappa shape index (κ2) is 5.60. The van der Waals surface area contributed by atoms with E-state index in [2.05, 4.69) is 20.9 Å². The van der Waals surface area contributed by atoms with Gasteiger partial charge in [0.15, 0.2) is 0 Å². The number of pyridine rings is 1. The lowest BCUT2D eigenvalue weighted by atomic mass is 10.0. The summed E-state index contributed by atoms with van der Waals surface area (Å²) in [5.41, 5.74) is 8.70. The van der Waals surface area contributed by atoms with E-state index >= 15 is 0 Å². The molecular weight excluding hydrogens is 339 g/mol. The van der Waals surface area contributed by atoms with E-state index in [1.54, 1.807) is 29.7 Å². The quantitative estimate of drug-likeness (QED) is 0.758. The number of aromatic nitrogens is 1. The summed E-state index contributed by atoms with van der Waals surface area (Å²) in [7, 11) is 0. The molecule has 2 nitrogen and oxygen atoms in total. The van der Waals surface area contributed by atoms with Gasteiger partial charge in [-0.25, -0.2) is 4.39 Å². The molecule has 0 saturated heterocycles. The molecule has 0 spiro atoms. The molecule has 0 radical (unpaired) electrons. The lowest BCUT2D eigenvalue weighted by Crippen LogP contribution is -2.14. The number of fused-ring (bicyclic) bond motifs is 1. The highest BCUT2D eigenvalue weighted by Gasteiger charge is 2.12. The van der Waals surface area contributed by atoms with Gasteiger partial charge in [0, 0.05) is 16.7 Å². The van der Waals surface area contributed by atoms with Crippen LogP contribution in [0.4, 0.5) is 4.39 Å². The van der Waals surface area contributed by atoms with Crippen LogP contribution in [0.5, 0.6) is 0 Å². The Morgan fingerprint density at radius 2 is 2.15 bits per heavy atom. The number of nitrogens with two attached hydrogens (primary N) is 1. The van der Waals surface area contributed by atoms with E-state index in [1.807, 2.05) is 17.5 Å². The van der Waals surface area contributed by atoms with Crippen LogP contribution in [0.15, 0.2) is 46.4 Å². The Morgan fingerprint density at radius 1 is 1.30 bits per heavy atom. The van der Waals surface area contributed by atoms with E-state index in [9.17, 15) is 4.39 Å². The average molecular weight is 351 g/mol. The Hall–Kier alpha value is -1.30. The van der Waals surface area contributed by atoms with E-state index in [4.69, 9.17) is 5.73 Å². The summed E-state index contributed by atoms with van der Waals surface area (Å²) in [6, 6.07) is 8.65. The zero-order valence-electron chi connectivity index (χ0n) is 10.5. The normalized spacial score (nSPS) is 12.8. The molecule has 1 aromatic carbocycles. The number of halogens is 2. The van der Waals surface area contributed by atoms with Crippen molar-refractivity contribution in [2.24, 2.45) is 5.73 Å². The average Bonchev–Trinajstić information content (AvgIpc) is 2.90. The van der Waals surface area contributed by atoms with Crippen molar-refractivity contribution >= 4 is 37.5 Å². The molecule has 3 aromatic rings. The molecular formula is C15H12BrFN2S. The van der Waals surface area contributed by atoms with Gasteiger partial charge in [-0.1, -0.05) is 15.9 Å². The number of benzene rings is 1. The fourth-order valence-electron chi connectivity index (χ4n) is 2.12. The van der Waals surface area contributed by atoms with Crippen LogP contribution in [-0.4, -0.2) is 4.98 Å². The second-order valence-electron chi connectivity index (χ2n) is 4.62. The van der Waals surface area contributed by atoms with Gasteiger partial charge in [-0.2, -0.15) is 0 Å². The van der Waals surface area contributed by atoms with Crippen LogP contribution in [0.3, 0.4) is 0 Å². The lowest BCUT2D eigenvalue weighted by Gasteiger charge is -2.13. The first kappa shape index (κ1) is 13.7. The highest BCUT2D eigenvalue weighted by atomic mass is 79.9. The monoisotopic (exact) mass is 350 g/mol. The maximum Gasteiger partial charge on any atom is 0.126 e. The molecule has 0 bridgehead atoms. The van der Waals surface area contributed by atoms with Crippen LogP contribution in [-0.2, 0) is 6.42 Å². The number of rotatable bonds is 3. The molecule has 2 heterocycles. The Kier molecular flexibility index (Phi) is 3.83. The first-order valence-electron chi connectivity index (χ1n) is 6.16. The number of hydrogen-bond acceptors (Lipinski definition) is 3. The van der Waals surface area contributed by atoms with Gasteiger partial charge < -0.3 is 5.73 Å². The van der Waals surface area contributed by atoms with Crippen LogP contribution in [0.2, 0.25) is 0 Å². The van der Waals surface area contributed by atoms with Crippen LogP contribution in [0, 0.1) is 5.82 Å². The van der Waals surface area contributed by atoms with Crippen LogP contribution < -0.4 is 5.73 Å². The van der Waals surface area contributed by atoms with Crippen LogP contribution in [0.1, 0.15) is 17.2 Å². The third-order valence-corrected chi connectivity index (χ3v) is 4.55. The van der Waals surface area contributed by atoms with Crippen LogP contribution >= 0.6 is 27.3 Å². The third kappa shape index (κ3) is 2.75. The standard InChI is InChI=1S/C15H12BrFN2S/c16-11-1-2-12(17)9(5-11)6-13(18)10-7-15-14(19-8-10)3-4-20-15/h1-5,7-8,13H,6,18H2. The minimum atomic E-state index is -0.266. The second-order valence-corrected chi connectivity index (χ2v) is 6.48. The third-order valence-electron chi connectivity index (χ3n) is 3.20. The Bertz CT molecular complexity index is 756. The van der Waals surface area contributed by atoms with E-state index < -0.39 is 0 Å². The number of thiophene rings is 1. The summed E-state index contributed by atoms with van der Waals surface area (Å²) >= 11 is 4.98. The first-order valence-corrected chi connectivity index (χ1v) is 7.83.